The van der Waals surface area contributed by atoms with Crippen molar-refractivity contribution in [2.24, 2.45) is 5.73 Å². The van der Waals surface area contributed by atoms with E-state index in [9.17, 15) is 9.90 Å². The summed E-state index contributed by atoms with van der Waals surface area (Å²) in [4.78, 5) is 10.4. The Hall–Kier alpha value is -1.63. The average molecular weight is 268 g/mol. The lowest BCUT2D eigenvalue weighted by Crippen LogP contribution is -2.33. The van der Waals surface area contributed by atoms with Gasteiger partial charge in [0.2, 0.25) is 5.91 Å². The maximum atomic E-state index is 10.4. The number of nitrogens with two attached hydrogens (primary N) is 1. The monoisotopic (exact) mass is 268 g/mol. The molecule has 0 aliphatic rings. The number of aliphatic hydroxyl groups is 1. The highest BCUT2D eigenvalue weighted by Gasteiger charge is 2.04. The molecule has 0 aromatic heterocycles. The predicted molar refractivity (Wildman–Crippen MR) is 70.8 cm³/mol. The standard InChI is InChI=1S/C13H20N2O4/c14-13(17)10-18-7-6-15-8-11(16)9-19-12-4-2-1-3-5-12/h1-5,11,15-16H,6-10H2,(H2,14,17). The van der Waals surface area contributed by atoms with Crippen LogP contribution in [0, 0.1) is 0 Å². The topological polar surface area (TPSA) is 93.8 Å². The number of rotatable bonds is 10. The maximum absolute atomic E-state index is 10.4. The van der Waals surface area contributed by atoms with Crippen LogP contribution in [0.1, 0.15) is 0 Å². The van der Waals surface area contributed by atoms with E-state index in [1.807, 2.05) is 30.3 Å². The Kier molecular flexibility index (Phi) is 7.57. The van der Waals surface area contributed by atoms with Gasteiger partial charge in [-0.3, -0.25) is 4.79 Å². The molecule has 1 aromatic rings. The lowest BCUT2D eigenvalue weighted by Gasteiger charge is -2.13. The van der Waals surface area contributed by atoms with E-state index >= 15 is 0 Å². The molecule has 0 radical (unpaired) electrons. The van der Waals surface area contributed by atoms with Crippen LogP contribution in [0.3, 0.4) is 0 Å². The third-order valence-electron chi connectivity index (χ3n) is 2.23. The molecule has 106 valence electrons. The summed E-state index contributed by atoms with van der Waals surface area (Å²) >= 11 is 0. The zero-order chi connectivity index (χ0) is 13.9. The van der Waals surface area contributed by atoms with Crippen molar-refractivity contribution < 1.29 is 19.4 Å². The number of carbonyl (C=O) groups excluding carboxylic acids is 1. The Morgan fingerprint density at radius 3 is 2.79 bits per heavy atom. The van der Waals surface area contributed by atoms with E-state index in [4.69, 9.17) is 15.2 Å². The van der Waals surface area contributed by atoms with Gasteiger partial charge in [0, 0.05) is 13.1 Å². The summed E-state index contributed by atoms with van der Waals surface area (Å²) in [7, 11) is 0. The first-order valence-corrected chi connectivity index (χ1v) is 6.11. The second kappa shape index (κ2) is 9.32. The zero-order valence-electron chi connectivity index (χ0n) is 10.7. The van der Waals surface area contributed by atoms with E-state index in [1.54, 1.807) is 0 Å². The fourth-order valence-electron chi connectivity index (χ4n) is 1.35. The van der Waals surface area contributed by atoms with Crippen molar-refractivity contribution in [3.05, 3.63) is 30.3 Å². The number of aliphatic hydroxyl groups excluding tert-OH is 1. The molecule has 0 bridgehead atoms. The summed E-state index contributed by atoms with van der Waals surface area (Å²) in [5.74, 6) is 0.239. The lowest BCUT2D eigenvalue weighted by atomic mass is 10.3. The molecule has 4 N–H and O–H groups in total. The summed E-state index contributed by atoms with van der Waals surface area (Å²) in [6.45, 7) is 1.44. The highest BCUT2D eigenvalue weighted by Crippen LogP contribution is 2.08. The number of hydrogen-bond acceptors (Lipinski definition) is 5. The van der Waals surface area contributed by atoms with Crippen molar-refractivity contribution in [1.82, 2.24) is 5.32 Å². The summed E-state index contributed by atoms with van der Waals surface area (Å²) in [6.07, 6.45) is -0.601. The van der Waals surface area contributed by atoms with Gasteiger partial charge in [0.25, 0.3) is 0 Å². The van der Waals surface area contributed by atoms with E-state index in [2.05, 4.69) is 5.32 Å². The highest BCUT2D eigenvalue weighted by atomic mass is 16.5. The Balaban J connectivity index is 1.99. The molecule has 0 saturated carbocycles. The second-order valence-corrected chi connectivity index (χ2v) is 4.00. The van der Waals surface area contributed by atoms with Gasteiger partial charge in [-0.05, 0) is 12.1 Å². The summed E-state index contributed by atoms with van der Waals surface area (Å²) < 4.78 is 10.4. The van der Waals surface area contributed by atoms with Gasteiger partial charge in [-0.1, -0.05) is 18.2 Å². The van der Waals surface area contributed by atoms with E-state index in [-0.39, 0.29) is 13.2 Å². The molecule has 0 saturated heterocycles. The minimum atomic E-state index is -0.601. The minimum Gasteiger partial charge on any atom is -0.491 e. The molecular formula is C13H20N2O4. The zero-order valence-corrected chi connectivity index (χ0v) is 10.7. The minimum absolute atomic E-state index is 0.0820. The number of carbonyl (C=O) groups is 1. The molecule has 19 heavy (non-hydrogen) atoms. The lowest BCUT2D eigenvalue weighted by molar-refractivity contribution is -0.122. The van der Waals surface area contributed by atoms with Gasteiger partial charge in [-0.15, -0.1) is 0 Å². The highest BCUT2D eigenvalue weighted by molar-refractivity contribution is 5.74. The third-order valence-corrected chi connectivity index (χ3v) is 2.23. The van der Waals surface area contributed by atoms with Crippen molar-refractivity contribution in [3.63, 3.8) is 0 Å². The smallest absolute Gasteiger partial charge is 0.243 e. The Morgan fingerprint density at radius 2 is 2.11 bits per heavy atom. The van der Waals surface area contributed by atoms with Gasteiger partial charge in [0.05, 0.1) is 6.61 Å². The molecule has 0 heterocycles. The van der Waals surface area contributed by atoms with Crippen LogP contribution in [0.4, 0.5) is 0 Å². The number of para-hydroxylation sites is 1. The first kappa shape index (κ1) is 15.4. The first-order chi connectivity index (χ1) is 9.18. The van der Waals surface area contributed by atoms with Crippen molar-refractivity contribution in [1.29, 1.82) is 0 Å². The van der Waals surface area contributed by atoms with Gasteiger partial charge in [-0.2, -0.15) is 0 Å². The molecular weight excluding hydrogens is 248 g/mol. The fourth-order valence-corrected chi connectivity index (χ4v) is 1.35. The fraction of sp³-hybridized carbons (Fsp3) is 0.462. The maximum Gasteiger partial charge on any atom is 0.243 e. The van der Waals surface area contributed by atoms with E-state index in [1.165, 1.54) is 0 Å². The van der Waals surface area contributed by atoms with Gasteiger partial charge >= 0.3 is 0 Å². The Labute approximate surface area is 112 Å². The number of ether oxygens (including phenoxy) is 2. The van der Waals surface area contributed by atoms with Crippen LogP contribution in [0.5, 0.6) is 5.75 Å². The molecule has 0 aliphatic heterocycles. The van der Waals surface area contributed by atoms with E-state index < -0.39 is 12.0 Å². The number of primary amides is 1. The largest absolute Gasteiger partial charge is 0.491 e. The third kappa shape index (κ3) is 8.15. The number of nitrogens with one attached hydrogen (secondary N) is 1. The van der Waals surface area contributed by atoms with E-state index in [0.717, 1.165) is 5.75 Å². The molecule has 0 fully saturated rings. The summed E-state index contributed by atoms with van der Waals surface area (Å²) in [6, 6.07) is 9.30. The average Bonchev–Trinajstić information content (AvgIpc) is 2.41. The van der Waals surface area contributed by atoms with Gasteiger partial charge < -0.3 is 25.6 Å². The van der Waals surface area contributed by atoms with Crippen LogP contribution in [0.15, 0.2) is 30.3 Å². The number of hydrogen-bond donors (Lipinski definition) is 3. The van der Waals surface area contributed by atoms with Crippen LogP contribution in [-0.4, -0.2) is 50.0 Å². The van der Waals surface area contributed by atoms with Crippen LogP contribution in [0.2, 0.25) is 0 Å². The Morgan fingerprint density at radius 1 is 1.37 bits per heavy atom. The quantitative estimate of drug-likeness (QED) is 0.498. The molecule has 1 unspecified atom stereocenters. The van der Waals surface area contributed by atoms with Crippen molar-refractivity contribution >= 4 is 5.91 Å². The molecule has 1 aromatic carbocycles. The van der Waals surface area contributed by atoms with Crippen LogP contribution < -0.4 is 15.8 Å². The second-order valence-electron chi connectivity index (χ2n) is 4.00. The molecule has 6 nitrogen and oxygen atoms in total. The normalized spacial score (nSPS) is 12.1. The van der Waals surface area contributed by atoms with Gasteiger partial charge in [0.1, 0.15) is 25.1 Å². The van der Waals surface area contributed by atoms with Crippen LogP contribution >= 0.6 is 0 Å². The van der Waals surface area contributed by atoms with Gasteiger partial charge in [0.15, 0.2) is 0 Å². The molecule has 0 aliphatic carbocycles. The Bertz CT molecular complexity index is 359. The summed E-state index contributed by atoms with van der Waals surface area (Å²) in [5, 5.41) is 12.6. The van der Waals surface area contributed by atoms with Crippen molar-refractivity contribution in [2.45, 2.75) is 6.10 Å². The molecule has 1 rings (SSSR count). The predicted octanol–water partition coefficient (Wildman–Crippen LogP) is -0.482. The first-order valence-electron chi connectivity index (χ1n) is 6.11. The molecule has 0 spiro atoms. The molecule has 1 atom stereocenters. The van der Waals surface area contributed by atoms with Gasteiger partial charge in [-0.25, -0.2) is 0 Å². The van der Waals surface area contributed by atoms with Crippen LogP contribution in [-0.2, 0) is 9.53 Å². The molecule has 6 heteroatoms. The summed E-state index contributed by atoms with van der Waals surface area (Å²) in [5.41, 5.74) is 4.91. The van der Waals surface area contributed by atoms with E-state index in [0.29, 0.717) is 19.7 Å². The van der Waals surface area contributed by atoms with Crippen LogP contribution in [0.25, 0.3) is 0 Å². The van der Waals surface area contributed by atoms with Crippen molar-refractivity contribution in [2.75, 3.05) is 32.9 Å². The SMILES string of the molecule is NC(=O)COCCNCC(O)COc1ccccc1. The number of benzene rings is 1. The number of amides is 1. The molecule has 1 amide bonds. The van der Waals surface area contributed by atoms with Crippen molar-refractivity contribution in [3.8, 4) is 5.75 Å².